The van der Waals surface area contributed by atoms with Gasteiger partial charge in [-0.05, 0) is 48.4 Å². The highest BCUT2D eigenvalue weighted by Gasteiger charge is 2.48. The lowest BCUT2D eigenvalue weighted by Crippen LogP contribution is -2.19. The van der Waals surface area contributed by atoms with Crippen molar-refractivity contribution in [3.8, 4) is 11.3 Å². The number of benzene rings is 2. The van der Waals surface area contributed by atoms with Crippen LogP contribution in [0.5, 0.6) is 0 Å². The van der Waals surface area contributed by atoms with Crippen molar-refractivity contribution in [1.82, 2.24) is 4.98 Å². The minimum absolute atomic E-state index is 0.0268. The Labute approximate surface area is 202 Å². The van der Waals surface area contributed by atoms with Gasteiger partial charge in [0.1, 0.15) is 0 Å². The maximum absolute atomic E-state index is 13.2. The number of nitrogens with one attached hydrogen (secondary N) is 1. The molecule has 2 atom stereocenters. The van der Waals surface area contributed by atoms with Gasteiger partial charge in [0.15, 0.2) is 9.84 Å². The van der Waals surface area contributed by atoms with Gasteiger partial charge in [-0.3, -0.25) is 9.71 Å². The molecule has 8 nitrogen and oxygen atoms in total. The Kier molecular flexibility index (Phi) is 6.41. The van der Waals surface area contributed by atoms with Crippen LogP contribution in [0.2, 0.25) is 5.02 Å². The summed E-state index contributed by atoms with van der Waals surface area (Å²) in [4.78, 5) is 15.7. The summed E-state index contributed by atoms with van der Waals surface area (Å²) in [5, 5.41) is -0.744. The lowest BCUT2D eigenvalue weighted by molar-refractivity contribution is 0.0600. The molecule has 4 rings (SSSR count). The number of hydrogen-bond donors (Lipinski definition) is 1. The average Bonchev–Trinajstić information content (AvgIpc) is 3.61. The number of sulfone groups is 1. The van der Waals surface area contributed by atoms with Gasteiger partial charge in [0.2, 0.25) is 10.0 Å². The molecule has 0 amide bonds. The Morgan fingerprint density at radius 3 is 2.38 bits per heavy atom. The first-order chi connectivity index (χ1) is 16.0. The van der Waals surface area contributed by atoms with Gasteiger partial charge in [-0.25, -0.2) is 21.6 Å². The van der Waals surface area contributed by atoms with Crippen molar-refractivity contribution in [3.05, 3.63) is 76.9 Å². The summed E-state index contributed by atoms with van der Waals surface area (Å²) in [7, 11) is -6.30. The third-order valence-corrected chi connectivity index (χ3v) is 8.94. The van der Waals surface area contributed by atoms with Crippen LogP contribution in [0.3, 0.4) is 0 Å². The molecule has 1 fully saturated rings. The number of hydrogen-bond acceptors (Lipinski definition) is 7. The van der Waals surface area contributed by atoms with E-state index in [1.807, 2.05) is 0 Å². The number of halogens is 1. The molecule has 2 aromatic carbocycles. The van der Waals surface area contributed by atoms with E-state index < -0.39 is 31.1 Å². The predicted octanol–water partition coefficient (Wildman–Crippen LogP) is 3.89. The molecule has 0 spiro atoms. The average molecular weight is 521 g/mol. The van der Waals surface area contributed by atoms with Gasteiger partial charge in [-0.15, -0.1) is 0 Å². The van der Waals surface area contributed by atoms with Gasteiger partial charge in [0.05, 0.1) is 39.2 Å². The molecular formula is C23H21ClN2O6S2. The molecule has 178 valence electrons. The number of sulfonamides is 1. The van der Waals surface area contributed by atoms with Crippen LogP contribution in [-0.4, -0.2) is 46.4 Å². The number of methoxy groups -OCH3 is 1. The minimum atomic E-state index is -3.88. The molecule has 1 N–H and O–H groups in total. The normalized spacial score (nSPS) is 17.7. The standard InChI is InChI=1S/C23H21ClN2O6S2/c1-32-23(27)15-8-6-14(7-9-15)16-12-21(16)34(30,31)26-20-13-22(33(2,28)29)18(24)11-17(20)19-5-3-4-10-25-19/h3-11,13,16,21,26H,12H2,1-2H3. The fourth-order valence-electron chi connectivity index (χ4n) is 3.73. The lowest BCUT2D eigenvalue weighted by atomic mass is 10.1. The van der Waals surface area contributed by atoms with E-state index in [2.05, 4.69) is 14.4 Å². The Hall–Kier alpha value is -2.95. The SMILES string of the molecule is COC(=O)c1ccc(C2CC2S(=O)(=O)Nc2cc(S(C)(=O)=O)c(Cl)cc2-c2ccccn2)cc1. The highest BCUT2D eigenvalue weighted by molar-refractivity contribution is 7.93. The Bertz CT molecular complexity index is 1460. The maximum atomic E-state index is 13.2. The van der Waals surface area contributed by atoms with E-state index >= 15 is 0 Å². The van der Waals surface area contributed by atoms with E-state index in [0.717, 1.165) is 11.8 Å². The molecule has 3 aromatic rings. The molecule has 2 unspecified atom stereocenters. The van der Waals surface area contributed by atoms with Gasteiger partial charge < -0.3 is 4.74 Å². The van der Waals surface area contributed by atoms with E-state index in [4.69, 9.17) is 11.6 Å². The van der Waals surface area contributed by atoms with E-state index in [0.29, 0.717) is 23.2 Å². The number of anilines is 1. The van der Waals surface area contributed by atoms with Crippen molar-refractivity contribution in [1.29, 1.82) is 0 Å². The van der Waals surface area contributed by atoms with E-state index in [-0.39, 0.29) is 21.5 Å². The first-order valence-electron chi connectivity index (χ1n) is 10.2. The number of aromatic nitrogens is 1. The highest BCUT2D eigenvalue weighted by atomic mass is 35.5. The van der Waals surface area contributed by atoms with Gasteiger partial charge in [0, 0.05) is 23.9 Å². The zero-order chi connectivity index (χ0) is 24.7. The van der Waals surface area contributed by atoms with Crippen LogP contribution in [0.4, 0.5) is 5.69 Å². The summed E-state index contributed by atoms with van der Waals surface area (Å²) < 4.78 is 58.0. The quantitative estimate of drug-likeness (QED) is 0.469. The number of rotatable bonds is 7. The van der Waals surface area contributed by atoms with Crippen LogP contribution in [0.1, 0.15) is 28.3 Å². The Morgan fingerprint density at radius 2 is 1.79 bits per heavy atom. The first-order valence-corrected chi connectivity index (χ1v) is 14.0. The van der Waals surface area contributed by atoms with Gasteiger partial charge in [-0.1, -0.05) is 29.8 Å². The Morgan fingerprint density at radius 1 is 1.09 bits per heavy atom. The number of esters is 1. The molecule has 1 aliphatic carbocycles. The molecule has 11 heteroatoms. The van der Waals surface area contributed by atoms with Crippen LogP contribution >= 0.6 is 11.6 Å². The first kappa shape index (κ1) is 24.2. The fraction of sp³-hybridized carbons (Fsp3) is 0.217. The Balaban J connectivity index is 1.66. The maximum Gasteiger partial charge on any atom is 0.337 e. The van der Waals surface area contributed by atoms with E-state index in [9.17, 15) is 21.6 Å². The third-order valence-electron chi connectivity index (χ3n) is 5.55. The molecule has 0 bridgehead atoms. The molecule has 1 saturated carbocycles. The van der Waals surface area contributed by atoms with Crippen LogP contribution in [0.25, 0.3) is 11.3 Å². The molecule has 0 aliphatic heterocycles. The second-order valence-corrected chi connectivity index (χ2v) is 12.2. The summed E-state index contributed by atoms with van der Waals surface area (Å²) in [6, 6.07) is 14.3. The van der Waals surface area contributed by atoms with Gasteiger partial charge in [0.25, 0.3) is 0 Å². The zero-order valence-electron chi connectivity index (χ0n) is 18.2. The van der Waals surface area contributed by atoms with Gasteiger partial charge in [-0.2, -0.15) is 0 Å². The highest BCUT2D eigenvalue weighted by Crippen LogP contribution is 2.47. The number of ether oxygens (including phenoxy) is 1. The predicted molar refractivity (Wildman–Crippen MR) is 129 cm³/mol. The van der Waals surface area contributed by atoms with Gasteiger partial charge >= 0.3 is 5.97 Å². The third kappa shape index (κ3) is 4.94. The van der Waals surface area contributed by atoms with Crippen molar-refractivity contribution in [2.45, 2.75) is 22.5 Å². The number of carbonyl (C=O) groups excluding carboxylic acids is 1. The van der Waals surface area contributed by atoms with E-state index in [1.165, 1.54) is 19.2 Å². The second kappa shape index (κ2) is 9.01. The molecule has 1 heterocycles. The number of nitrogens with zero attached hydrogens (tertiary/aromatic N) is 1. The molecule has 0 radical (unpaired) electrons. The summed E-state index contributed by atoms with van der Waals surface area (Å²) in [6.07, 6.45) is 2.93. The summed E-state index contributed by atoms with van der Waals surface area (Å²) in [5.74, 6) is -0.733. The summed E-state index contributed by atoms with van der Waals surface area (Å²) in [5.41, 5.74) is 2.03. The number of carbonyl (C=O) groups is 1. The van der Waals surface area contributed by atoms with Crippen molar-refractivity contribution >= 4 is 43.1 Å². The van der Waals surface area contributed by atoms with Crippen LogP contribution in [0, 0.1) is 0 Å². The lowest BCUT2D eigenvalue weighted by Gasteiger charge is -2.15. The van der Waals surface area contributed by atoms with Crippen molar-refractivity contribution in [3.63, 3.8) is 0 Å². The molecule has 1 aliphatic rings. The van der Waals surface area contributed by atoms with Crippen molar-refractivity contribution < 1.29 is 26.4 Å². The van der Waals surface area contributed by atoms with Crippen LogP contribution in [-0.2, 0) is 24.6 Å². The van der Waals surface area contributed by atoms with Crippen molar-refractivity contribution in [2.24, 2.45) is 0 Å². The number of pyridine rings is 1. The molecule has 0 saturated heterocycles. The monoisotopic (exact) mass is 520 g/mol. The molecule has 34 heavy (non-hydrogen) atoms. The van der Waals surface area contributed by atoms with Crippen molar-refractivity contribution in [2.75, 3.05) is 18.1 Å². The van der Waals surface area contributed by atoms with E-state index in [1.54, 1.807) is 48.7 Å². The fourth-order valence-corrected chi connectivity index (χ4v) is 6.74. The topological polar surface area (TPSA) is 119 Å². The largest absolute Gasteiger partial charge is 0.465 e. The second-order valence-electron chi connectivity index (χ2n) is 7.96. The smallest absolute Gasteiger partial charge is 0.337 e. The summed E-state index contributed by atoms with van der Waals surface area (Å²) >= 11 is 6.21. The van der Waals surface area contributed by atoms with Crippen LogP contribution < -0.4 is 4.72 Å². The molecular weight excluding hydrogens is 500 g/mol. The molecule has 1 aromatic heterocycles. The van der Waals surface area contributed by atoms with Crippen LogP contribution in [0.15, 0.2) is 65.7 Å². The minimum Gasteiger partial charge on any atom is -0.465 e. The zero-order valence-corrected chi connectivity index (χ0v) is 20.6. The summed E-state index contributed by atoms with van der Waals surface area (Å²) in [6.45, 7) is 0.